The van der Waals surface area contributed by atoms with Crippen LogP contribution in [-0.2, 0) is 19.3 Å². The van der Waals surface area contributed by atoms with Crippen molar-refractivity contribution < 1.29 is 14.6 Å². The number of fused-ring (bicyclic) bond motifs is 3. The van der Waals surface area contributed by atoms with Gasteiger partial charge in [-0.15, -0.1) is 0 Å². The Kier molecular flexibility index (Phi) is 4.36. The van der Waals surface area contributed by atoms with Crippen LogP contribution in [-0.4, -0.2) is 38.2 Å². The van der Waals surface area contributed by atoms with Gasteiger partial charge in [0, 0.05) is 47.2 Å². The molecular weight excluding hydrogens is 380 g/mol. The van der Waals surface area contributed by atoms with E-state index in [9.17, 15) is 9.90 Å². The van der Waals surface area contributed by atoms with Crippen molar-refractivity contribution in [3.05, 3.63) is 53.0 Å². The number of aromatic carboxylic acids is 1. The van der Waals surface area contributed by atoms with Crippen LogP contribution in [0, 0.1) is 0 Å². The zero-order valence-corrected chi connectivity index (χ0v) is 16.9. The van der Waals surface area contributed by atoms with Crippen molar-refractivity contribution >= 4 is 5.97 Å². The van der Waals surface area contributed by atoms with Crippen molar-refractivity contribution in [1.29, 1.82) is 0 Å². The second-order valence-electron chi connectivity index (χ2n) is 8.22. The minimum absolute atomic E-state index is 0.266. The van der Waals surface area contributed by atoms with Crippen molar-refractivity contribution in [3.63, 3.8) is 0 Å². The van der Waals surface area contributed by atoms with Crippen LogP contribution in [0.25, 0.3) is 22.5 Å². The molecule has 3 aromatic heterocycles. The molecule has 3 aromatic rings. The van der Waals surface area contributed by atoms with Crippen LogP contribution in [0.5, 0.6) is 5.88 Å². The molecular formula is C23H24N4O3. The minimum atomic E-state index is -0.889. The molecule has 0 saturated heterocycles. The van der Waals surface area contributed by atoms with Crippen molar-refractivity contribution in [3.8, 4) is 28.4 Å². The monoisotopic (exact) mass is 404 g/mol. The zero-order chi connectivity index (χ0) is 20.9. The summed E-state index contributed by atoms with van der Waals surface area (Å²) >= 11 is 0. The molecule has 1 saturated carbocycles. The van der Waals surface area contributed by atoms with Gasteiger partial charge in [-0.05, 0) is 55.9 Å². The Labute approximate surface area is 174 Å². The van der Waals surface area contributed by atoms with Crippen LogP contribution in [0.15, 0.2) is 30.6 Å². The molecule has 0 unspecified atom stereocenters. The highest BCUT2D eigenvalue weighted by atomic mass is 16.5. The molecule has 4 N–H and O–H groups in total. The molecule has 1 fully saturated rings. The van der Waals surface area contributed by atoms with E-state index in [4.69, 9.17) is 10.5 Å². The van der Waals surface area contributed by atoms with E-state index in [-0.39, 0.29) is 5.54 Å². The number of H-pyrrole nitrogens is 1. The van der Waals surface area contributed by atoms with Crippen LogP contribution in [0.1, 0.15) is 46.9 Å². The predicted octanol–water partition coefficient (Wildman–Crippen LogP) is 3.37. The molecule has 0 amide bonds. The van der Waals surface area contributed by atoms with Gasteiger partial charge in [0.15, 0.2) is 0 Å². The number of pyridine rings is 2. The van der Waals surface area contributed by atoms with Crippen LogP contribution in [0.2, 0.25) is 0 Å². The number of aromatic nitrogens is 3. The highest BCUT2D eigenvalue weighted by molar-refractivity contribution is 5.95. The van der Waals surface area contributed by atoms with E-state index in [1.807, 2.05) is 31.3 Å². The van der Waals surface area contributed by atoms with E-state index in [1.165, 1.54) is 0 Å². The molecule has 5 rings (SSSR count). The summed E-state index contributed by atoms with van der Waals surface area (Å²) in [5.41, 5.74) is 12.7. The van der Waals surface area contributed by atoms with Crippen molar-refractivity contribution in [2.24, 2.45) is 5.73 Å². The second kappa shape index (κ2) is 6.95. The summed E-state index contributed by atoms with van der Waals surface area (Å²) in [6.07, 6.45) is 7.52. The summed E-state index contributed by atoms with van der Waals surface area (Å²) in [6.45, 7) is 2.49. The van der Waals surface area contributed by atoms with Crippen molar-refractivity contribution in [2.45, 2.75) is 44.6 Å². The van der Waals surface area contributed by atoms with Gasteiger partial charge in [0.05, 0.1) is 23.6 Å². The van der Waals surface area contributed by atoms with Gasteiger partial charge in [0.1, 0.15) is 0 Å². The number of nitrogens with two attached hydrogens (primary N) is 1. The highest BCUT2D eigenvalue weighted by Crippen LogP contribution is 2.41. The third kappa shape index (κ3) is 3.25. The van der Waals surface area contributed by atoms with Gasteiger partial charge in [0.25, 0.3) is 0 Å². The van der Waals surface area contributed by atoms with Gasteiger partial charge in [-0.3, -0.25) is 4.98 Å². The number of aryl methyl sites for hydroxylation is 1. The number of hydrogen-bond donors (Lipinski definition) is 3. The lowest BCUT2D eigenvalue weighted by atomic mass is 9.88. The first-order chi connectivity index (χ1) is 14.5. The normalized spacial score (nSPS) is 15.9. The summed E-state index contributed by atoms with van der Waals surface area (Å²) in [6, 6.07) is 5.79. The molecule has 0 aromatic carbocycles. The van der Waals surface area contributed by atoms with E-state index in [0.717, 1.165) is 58.6 Å². The lowest BCUT2D eigenvalue weighted by molar-refractivity contribution is 0.0694. The predicted molar refractivity (Wildman–Crippen MR) is 113 cm³/mol. The zero-order valence-electron chi connectivity index (χ0n) is 16.9. The number of carbonyl (C=O) groups is 1. The maximum absolute atomic E-state index is 12.1. The van der Waals surface area contributed by atoms with E-state index >= 15 is 0 Å². The first-order valence-corrected chi connectivity index (χ1v) is 10.3. The number of nitrogens with one attached hydrogen (secondary N) is 1. The average molecular weight is 404 g/mol. The molecule has 2 aliphatic carbocycles. The van der Waals surface area contributed by atoms with Crippen LogP contribution in [0.4, 0.5) is 0 Å². The number of aromatic amines is 1. The van der Waals surface area contributed by atoms with Crippen LogP contribution < -0.4 is 10.5 Å². The molecule has 0 spiro atoms. The quantitative estimate of drug-likeness (QED) is 0.580. The lowest BCUT2D eigenvalue weighted by Gasteiger charge is -2.17. The topological polar surface area (TPSA) is 114 Å². The molecule has 0 bridgehead atoms. The summed E-state index contributed by atoms with van der Waals surface area (Å²) in [7, 11) is 0. The van der Waals surface area contributed by atoms with Gasteiger partial charge in [0.2, 0.25) is 5.88 Å². The Morgan fingerprint density at radius 2 is 2.10 bits per heavy atom. The Balaban J connectivity index is 1.57. The molecule has 2 aliphatic rings. The van der Waals surface area contributed by atoms with E-state index in [2.05, 4.69) is 15.0 Å². The summed E-state index contributed by atoms with van der Waals surface area (Å²) in [5, 5.41) is 9.88. The second-order valence-corrected chi connectivity index (χ2v) is 8.22. The Morgan fingerprint density at radius 1 is 1.27 bits per heavy atom. The smallest absolute Gasteiger partial charge is 0.337 e. The lowest BCUT2D eigenvalue weighted by Crippen LogP contribution is -2.25. The standard InChI is InChI=1S/C23H24N4O3/c1-2-30-19-6-4-14(12-26-19)17-9-16-13(11-25-17)3-5-15-20(22(28)29)18(27-21(15)16)10-23(24)7-8-23/h4,6,9,11-12,27H,2-3,5,7-8,10,24H2,1H3,(H,28,29). The summed E-state index contributed by atoms with van der Waals surface area (Å²) in [4.78, 5) is 24.4. The number of nitrogens with zero attached hydrogens (tertiary/aromatic N) is 2. The Bertz CT molecular complexity index is 1130. The number of hydrogen-bond acceptors (Lipinski definition) is 5. The SMILES string of the molecule is CCOc1ccc(-c2cc3c(cn2)CCc2c-3[nH]c(CC3(N)CC3)c2C(=O)O)cn1. The first-order valence-electron chi connectivity index (χ1n) is 10.3. The molecule has 0 aliphatic heterocycles. The minimum Gasteiger partial charge on any atom is -0.478 e. The first kappa shape index (κ1) is 18.8. The molecule has 7 nitrogen and oxygen atoms in total. The van der Waals surface area contributed by atoms with Gasteiger partial charge in [-0.25, -0.2) is 9.78 Å². The maximum Gasteiger partial charge on any atom is 0.337 e. The fourth-order valence-corrected chi connectivity index (χ4v) is 4.25. The Hall–Kier alpha value is -3.19. The third-order valence-electron chi connectivity index (χ3n) is 6.04. The molecule has 0 radical (unpaired) electrons. The summed E-state index contributed by atoms with van der Waals surface area (Å²) in [5.74, 6) is -0.308. The van der Waals surface area contributed by atoms with E-state index in [0.29, 0.717) is 30.9 Å². The average Bonchev–Trinajstić information content (AvgIpc) is 3.33. The molecule has 3 heterocycles. The maximum atomic E-state index is 12.1. The third-order valence-corrected chi connectivity index (χ3v) is 6.04. The number of carboxylic acid groups (broad SMARTS) is 1. The Morgan fingerprint density at radius 3 is 2.77 bits per heavy atom. The number of ether oxygens (including phenoxy) is 1. The van der Waals surface area contributed by atoms with Gasteiger partial charge in [-0.1, -0.05) is 0 Å². The molecule has 30 heavy (non-hydrogen) atoms. The molecule has 7 heteroatoms. The van der Waals surface area contributed by atoms with E-state index in [1.54, 1.807) is 6.20 Å². The van der Waals surface area contributed by atoms with Crippen molar-refractivity contribution in [1.82, 2.24) is 15.0 Å². The van der Waals surface area contributed by atoms with Crippen molar-refractivity contribution in [2.75, 3.05) is 6.61 Å². The van der Waals surface area contributed by atoms with Gasteiger partial charge < -0.3 is 20.6 Å². The van der Waals surface area contributed by atoms with Crippen LogP contribution >= 0.6 is 0 Å². The largest absolute Gasteiger partial charge is 0.478 e. The van der Waals surface area contributed by atoms with Gasteiger partial charge in [-0.2, -0.15) is 0 Å². The number of carboxylic acids is 1. The summed E-state index contributed by atoms with van der Waals surface area (Å²) < 4.78 is 5.41. The highest BCUT2D eigenvalue weighted by Gasteiger charge is 2.40. The van der Waals surface area contributed by atoms with E-state index < -0.39 is 5.97 Å². The molecule has 154 valence electrons. The van der Waals surface area contributed by atoms with Crippen LogP contribution in [0.3, 0.4) is 0 Å². The molecule has 0 atom stereocenters. The fraction of sp³-hybridized carbons (Fsp3) is 0.348. The fourth-order valence-electron chi connectivity index (χ4n) is 4.25. The van der Waals surface area contributed by atoms with Gasteiger partial charge >= 0.3 is 5.97 Å². The number of rotatable bonds is 6.